The first kappa shape index (κ1) is 22.2. The first-order chi connectivity index (χ1) is 16.4. The molecule has 5 aliphatic carbocycles. The summed E-state index contributed by atoms with van der Waals surface area (Å²) in [6.45, 7) is 2.61. The van der Waals surface area contributed by atoms with Crippen LogP contribution in [0.4, 0.5) is 4.39 Å². The Labute approximate surface area is 200 Å². The molecular formula is C27H35FN4O2. The van der Waals surface area contributed by atoms with Crippen LogP contribution in [0.25, 0.3) is 0 Å². The van der Waals surface area contributed by atoms with Crippen molar-refractivity contribution in [2.75, 3.05) is 6.54 Å². The zero-order valence-corrected chi connectivity index (χ0v) is 20.1. The van der Waals surface area contributed by atoms with E-state index in [-0.39, 0.29) is 23.8 Å². The summed E-state index contributed by atoms with van der Waals surface area (Å²) in [5.41, 5.74) is 0.541. The number of hydrogen-bond acceptors (Lipinski definition) is 5. The van der Waals surface area contributed by atoms with Gasteiger partial charge in [-0.1, -0.05) is 30.1 Å². The molecule has 6 nitrogen and oxygen atoms in total. The van der Waals surface area contributed by atoms with Crippen LogP contribution >= 0.6 is 0 Å². The molecule has 182 valence electrons. The molecule has 0 atom stereocenters. The molecule has 0 spiro atoms. The zero-order valence-electron chi connectivity index (χ0n) is 20.1. The maximum atomic E-state index is 14.0. The van der Waals surface area contributed by atoms with E-state index in [2.05, 4.69) is 20.4 Å². The summed E-state index contributed by atoms with van der Waals surface area (Å²) in [5.74, 6) is 3.36. The van der Waals surface area contributed by atoms with Gasteiger partial charge in [0.05, 0.1) is 12.1 Å². The van der Waals surface area contributed by atoms with Crippen molar-refractivity contribution in [3.05, 3.63) is 47.4 Å². The average Bonchev–Trinajstić information content (AvgIpc) is 3.46. The van der Waals surface area contributed by atoms with Crippen molar-refractivity contribution >= 4 is 5.91 Å². The van der Waals surface area contributed by atoms with Crippen LogP contribution in [-0.2, 0) is 16.9 Å². The Morgan fingerprint density at radius 1 is 1.09 bits per heavy atom. The van der Waals surface area contributed by atoms with Crippen LogP contribution in [0.5, 0.6) is 0 Å². The molecule has 5 fully saturated rings. The van der Waals surface area contributed by atoms with E-state index in [9.17, 15) is 9.18 Å². The number of hydrogen-bond donors (Lipinski definition) is 1. The Kier molecular flexibility index (Phi) is 5.51. The largest absolute Gasteiger partial charge is 0.340 e. The van der Waals surface area contributed by atoms with Crippen LogP contribution in [0.1, 0.15) is 81.5 Å². The monoisotopic (exact) mass is 466 g/mol. The lowest BCUT2D eigenvalue weighted by atomic mass is 9.52. The van der Waals surface area contributed by atoms with Gasteiger partial charge in [0, 0.05) is 19.0 Å². The molecule has 0 aliphatic heterocycles. The number of carbonyl (C=O) groups is 1. The number of aromatic nitrogens is 2. The van der Waals surface area contributed by atoms with Gasteiger partial charge in [0.2, 0.25) is 11.8 Å². The topological polar surface area (TPSA) is 71.3 Å². The van der Waals surface area contributed by atoms with Crippen LogP contribution in [0.15, 0.2) is 28.8 Å². The number of benzene rings is 1. The van der Waals surface area contributed by atoms with Crippen molar-refractivity contribution in [1.82, 2.24) is 20.4 Å². The number of halogens is 1. The van der Waals surface area contributed by atoms with Crippen LogP contribution in [-0.4, -0.2) is 33.0 Å². The summed E-state index contributed by atoms with van der Waals surface area (Å²) >= 11 is 0. The highest BCUT2D eigenvalue weighted by Gasteiger charge is 2.54. The minimum atomic E-state index is -0.392. The highest BCUT2D eigenvalue weighted by Crippen LogP contribution is 2.58. The predicted molar refractivity (Wildman–Crippen MR) is 125 cm³/mol. The van der Waals surface area contributed by atoms with Crippen molar-refractivity contribution in [3.63, 3.8) is 0 Å². The highest BCUT2D eigenvalue weighted by molar-refractivity contribution is 5.79. The van der Waals surface area contributed by atoms with Crippen LogP contribution in [0.3, 0.4) is 0 Å². The van der Waals surface area contributed by atoms with Crippen molar-refractivity contribution in [1.29, 1.82) is 0 Å². The fourth-order valence-electron chi connectivity index (χ4n) is 7.98. The van der Waals surface area contributed by atoms with Crippen molar-refractivity contribution in [2.45, 2.75) is 88.8 Å². The number of nitrogens with zero attached hydrogens (tertiary/aromatic N) is 3. The molecule has 2 aromatic rings. The van der Waals surface area contributed by atoms with Gasteiger partial charge in [-0.15, -0.1) is 0 Å². The van der Waals surface area contributed by atoms with Gasteiger partial charge < -0.3 is 9.42 Å². The molecule has 1 heterocycles. The van der Waals surface area contributed by atoms with Gasteiger partial charge >= 0.3 is 0 Å². The number of carbonyl (C=O) groups excluding carboxylic acids is 1. The third kappa shape index (κ3) is 3.96. The third-order valence-corrected chi connectivity index (χ3v) is 9.12. The Balaban J connectivity index is 1.26. The maximum absolute atomic E-state index is 14.0. The summed E-state index contributed by atoms with van der Waals surface area (Å²) in [7, 11) is 0. The lowest BCUT2D eigenvalue weighted by molar-refractivity contribution is -0.151. The van der Waals surface area contributed by atoms with Gasteiger partial charge in [-0.3, -0.25) is 10.1 Å². The normalized spacial score (nSPS) is 31.2. The molecule has 1 aromatic heterocycles. The maximum Gasteiger partial charge on any atom is 0.237 e. The minimum absolute atomic E-state index is 0.0620. The van der Waals surface area contributed by atoms with Crippen molar-refractivity contribution in [2.24, 2.45) is 17.8 Å². The van der Waals surface area contributed by atoms with Gasteiger partial charge in [0.25, 0.3) is 0 Å². The van der Waals surface area contributed by atoms with Crippen molar-refractivity contribution < 1.29 is 13.7 Å². The summed E-state index contributed by atoms with van der Waals surface area (Å²) in [5, 5.41) is 7.81. The number of amides is 1. The minimum Gasteiger partial charge on any atom is -0.340 e. The Morgan fingerprint density at radius 2 is 1.71 bits per heavy atom. The zero-order chi connectivity index (χ0) is 23.3. The smallest absolute Gasteiger partial charge is 0.237 e. The molecule has 7 heteroatoms. The molecule has 0 unspecified atom stereocenters. The fourth-order valence-corrected chi connectivity index (χ4v) is 7.98. The van der Waals surface area contributed by atoms with Crippen LogP contribution < -0.4 is 5.32 Å². The molecule has 34 heavy (non-hydrogen) atoms. The van der Waals surface area contributed by atoms with E-state index in [1.54, 1.807) is 0 Å². The van der Waals surface area contributed by atoms with Crippen LogP contribution in [0, 0.1) is 30.5 Å². The highest BCUT2D eigenvalue weighted by atomic mass is 19.1. The fraction of sp³-hybridized carbons (Fsp3) is 0.667. The molecule has 1 amide bonds. The number of aryl methyl sites for hydroxylation is 1. The lowest BCUT2D eigenvalue weighted by Gasteiger charge is -2.60. The molecule has 4 bridgehead atoms. The number of nitrogens with one attached hydrogen (secondary N) is 1. The second-order valence-electron chi connectivity index (χ2n) is 11.5. The van der Waals surface area contributed by atoms with E-state index in [0.29, 0.717) is 18.3 Å². The second-order valence-corrected chi connectivity index (χ2v) is 11.5. The summed E-state index contributed by atoms with van der Waals surface area (Å²) in [6, 6.07) is 6.65. The van der Waals surface area contributed by atoms with E-state index in [1.807, 2.05) is 19.1 Å². The van der Waals surface area contributed by atoms with E-state index in [0.717, 1.165) is 68.3 Å². The Bertz CT molecular complexity index is 1010. The Morgan fingerprint density at radius 3 is 2.26 bits per heavy atom. The van der Waals surface area contributed by atoms with E-state index >= 15 is 0 Å². The van der Waals surface area contributed by atoms with Gasteiger partial charge in [-0.05, 0) is 86.8 Å². The molecular weight excluding hydrogens is 431 g/mol. The first-order valence-corrected chi connectivity index (χ1v) is 13.0. The molecule has 1 aromatic carbocycles. The quantitative estimate of drug-likeness (QED) is 0.630. The molecule has 5 aliphatic rings. The van der Waals surface area contributed by atoms with Gasteiger partial charge in [0.15, 0.2) is 5.82 Å². The van der Waals surface area contributed by atoms with Gasteiger partial charge in [-0.2, -0.15) is 4.98 Å². The molecule has 1 N–H and O–H groups in total. The van der Waals surface area contributed by atoms with Crippen molar-refractivity contribution in [3.8, 4) is 0 Å². The van der Waals surface area contributed by atoms with Gasteiger partial charge in [0.1, 0.15) is 5.82 Å². The molecule has 0 radical (unpaired) electrons. The van der Waals surface area contributed by atoms with E-state index < -0.39 is 5.54 Å². The SMILES string of the molecule is Cc1nc(C2(NCC(=O)N(Cc3ccc(F)cc3)C34CC5CC(CC(C5)C3)C4)CCCC2)no1. The lowest BCUT2D eigenvalue weighted by Crippen LogP contribution is -2.62. The second kappa shape index (κ2) is 8.43. The number of rotatable bonds is 7. The third-order valence-electron chi connectivity index (χ3n) is 9.12. The van der Waals surface area contributed by atoms with E-state index in [1.165, 1.54) is 31.4 Å². The molecule has 0 saturated heterocycles. The summed E-state index contributed by atoms with van der Waals surface area (Å²) < 4.78 is 18.9. The first-order valence-electron chi connectivity index (χ1n) is 13.0. The van der Waals surface area contributed by atoms with E-state index in [4.69, 9.17) is 4.52 Å². The molecule has 7 rings (SSSR count). The van der Waals surface area contributed by atoms with Gasteiger partial charge in [-0.25, -0.2) is 4.39 Å². The predicted octanol–water partition coefficient (Wildman–Crippen LogP) is 4.87. The average molecular weight is 467 g/mol. The summed E-state index contributed by atoms with van der Waals surface area (Å²) in [4.78, 5) is 20.7. The molecule has 5 saturated carbocycles. The summed E-state index contributed by atoms with van der Waals surface area (Å²) in [6.07, 6.45) is 11.3. The standard InChI is InChI=1S/C27H35FN4O2/c1-18-30-25(31-34-18)27(8-2-3-9-27)29-16-24(33)32(17-19-4-6-23(28)7-5-19)26-13-20-10-21(14-26)12-22(11-20)15-26/h4-7,20-22,29H,2-3,8-17H2,1H3. The Hall–Kier alpha value is -2.28. The van der Waals surface area contributed by atoms with Crippen LogP contribution in [0.2, 0.25) is 0 Å².